The monoisotopic (exact) mass is 195 g/mol. The summed E-state index contributed by atoms with van der Waals surface area (Å²) >= 11 is 1.92. The normalized spacial score (nSPS) is 24.1. The van der Waals surface area contributed by atoms with Gasteiger partial charge in [0.2, 0.25) is 0 Å². The van der Waals surface area contributed by atoms with Crippen molar-refractivity contribution in [2.24, 2.45) is 11.7 Å². The van der Waals surface area contributed by atoms with Gasteiger partial charge in [-0.3, -0.25) is 0 Å². The molecule has 1 nitrogen and oxygen atoms in total. The SMILES string of the molecule is CC1CCc2sc(C(C)N)cc2C1. The Hall–Kier alpha value is -0.340. The first-order valence-corrected chi connectivity index (χ1v) is 5.85. The van der Waals surface area contributed by atoms with Crippen LogP contribution in [0.1, 0.15) is 41.6 Å². The highest BCUT2D eigenvalue weighted by atomic mass is 32.1. The highest BCUT2D eigenvalue weighted by molar-refractivity contribution is 7.12. The van der Waals surface area contributed by atoms with E-state index in [2.05, 4.69) is 19.9 Å². The first-order chi connectivity index (χ1) is 6.16. The molecule has 0 saturated heterocycles. The predicted octanol–water partition coefficient (Wildman–Crippen LogP) is 2.89. The molecule has 2 rings (SSSR count). The summed E-state index contributed by atoms with van der Waals surface area (Å²) in [5.74, 6) is 0.864. The number of aryl methyl sites for hydroxylation is 1. The van der Waals surface area contributed by atoms with E-state index in [-0.39, 0.29) is 6.04 Å². The highest BCUT2D eigenvalue weighted by Gasteiger charge is 2.18. The topological polar surface area (TPSA) is 26.0 Å². The molecule has 0 aliphatic heterocycles. The molecular formula is C11H17NS. The molecule has 1 aliphatic carbocycles. The van der Waals surface area contributed by atoms with Crippen LogP contribution in [0.25, 0.3) is 0 Å². The van der Waals surface area contributed by atoms with Crippen molar-refractivity contribution in [3.8, 4) is 0 Å². The van der Waals surface area contributed by atoms with E-state index in [1.165, 1.54) is 24.1 Å². The van der Waals surface area contributed by atoms with Gasteiger partial charge in [-0.1, -0.05) is 6.92 Å². The summed E-state index contributed by atoms with van der Waals surface area (Å²) < 4.78 is 0. The number of fused-ring (bicyclic) bond motifs is 1. The van der Waals surface area contributed by atoms with E-state index in [9.17, 15) is 0 Å². The van der Waals surface area contributed by atoms with Crippen LogP contribution in [0.15, 0.2) is 6.07 Å². The smallest absolute Gasteiger partial charge is 0.0361 e. The molecule has 2 N–H and O–H groups in total. The van der Waals surface area contributed by atoms with Gasteiger partial charge in [0.25, 0.3) is 0 Å². The molecule has 1 aromatic heterocycles. The van der Waals surface area contributed by atoms with Gasteiger partial charge in [0.1, 0.15) is 0 Å². The molecule has 0 spiro atoms. The Morgan fingerprint density at radius 3 is 3.08 bits per heavy atom. The van der Waals surface area contributed by atoms with Gasteiger partial charge < -0.3 is 5.73 Å². The minimum atomic E-state index is 0.214. The lowest BCUT2D eigenvalue weighted by Gasteiger charge is -2.17. The first kappa shape index (κ1) is 9.22. The summed E-state index contributed by atoms with van der Waals surface area (Å²) in [5.41, 5.74) is 7.44. The maximum atomic E-state index is 5.87. The third-order valence-corrected chi connectivity index (χ3v) is 4.24. The van der Waals surface area contributed by atoms with Gasteiger partial charge in [-0.15, -0.1) is 11.3 Å². The lowest BCUT2D eigenvalue weighted by molar-refractivity contribution is 0.506. The van der Waals surface area contributed by atoms with E-state index in [1.807, 2.05) is 11.3 Å². The molecule has 13 heavy (non-hydrogen) atoms. The van der Waals surface area contributed by atoms with Crippen molar-refractivity contribution in [3.63, 3.8) is 0 Å². The van der Waals surface area contributed by atoms with Gasteiger partial charge in [-0.05, 0) is 43.7 Å². The lowest BCUT2D eigenvalue weighted by atomic mass is 9.90. The number of hydrogen-bond acceptors (Lipinski definition) is 2. The van der Waals surface area contributed by atoms with E-state index in [0.29, 0.717) is 0 Å². The van der Waals surface area contributed by atoms with Crippen LogP contribution < -0.4 is 5.73 Å². The fourth-order valence-corrected chi connectivity index (χ4v) is 3.12. The molecule has 0 saturated carbocycles. The molecule has 0 radical (unpaired) electrons. The molecule has 0 amide bonds. The van der Waals surface area contributed by atoms with E-state index < -0.39 is 0 Å². The number of nitrogens with two attached hydrogens (primary N) is 1. The third kappa shape index (κ3) is 1.79. The van der Waals surface area contributed by atoms with Crippen molar-refractivity contribution >= 4 is 11.3 Å². The fraction of sp³-hybridized carbons (Fsp3) is 0.636. The van der Waals surface area contributed by atoms with Crippen LogP contribution in [0.3, 0.4) is 0 Å². The van der Waals surface area contributed by atoms with E-state index in [4.69, 9.17) is 5.73 Å². The van der Waals surface area contributed by atoms with E-state index in [1.54, 1.807) is 10.4 Å². The van der Waals surface area contributed by atoms with Gasteiger partial charge in [-0.25, -0.2) is 0 Å². The molecule has 1 heterocycles. The zero-order chi connectivity index (χ0) is 9.42. The third-order valence-electron chi connectivity index (χ3n) is 2.80. The quantitative estimate of drug-likeness (QED) is 0.732. The molecule has 2 unspecified atom stereocenters. The molecule has 0 bridgehead atoms. The standard InChI is InChI=1S/C11H17NS/c1-7-3-4-10-9(5-7)6-11(13-10)8(2)12/h6-8H,3-5,12H2,1-2H3. The zero-order valence-corrected chi connectivity index (χ0v) is 9.16. The lowest BCUT2D eigenvalue weighted by Crippen LogP contribution is -2.08. The van der Waals surface area contributed by atoms with Gasteiger partial charge >= 0.3 is 0 Å². The van der Waals surface area contributed by atoms with Gasteiger partial charge in [0.05, 0.1) is 0 Å². The molecule has 0 fully saturated rings. The summed E-state index contributed by atoms with van der Waals surface area (Å²) in [4.78, 5) is 2.95. The van der Waals surface area contributed by atoms with E-state index in [0.717, 1.165) is 5.92 Å². The second kappa shape index (κ2) is 3.43. The van der Waals surface area contributed by atoms with Gasteiger partial charge in [0.15, 0.2) is 0 Å². The minimum absolute atomic E-state index is 0.214. The van der Waals surface area contributed by atoms with E-state index >= 15 is 0 Å². The van der Waals surface area contributed by atoms with Crippen LogP contribution in [0.2, 0.25) is 0 Å². The molecule has 2 heteroatoms. The Morgan fingerprint density at radius 1 is 1.62 bits per heavy atom. The number of hydrogen-bond donors (Lipinski definition) is 1. The average Bonchev–Trinajstić information content (AvgIpc) is 2.46. The summed E-state index contributed by atoms with van der Waals surface area (Å²) in [7, 11) is 0. The predicted molar refractivity (Wildman–Crippen MR) is 58.1 cm³/mol. The van der Waals surface area contributed by atoms with Crippen molar-refractivity contribution < 1.29 is 0 Å². The number of thiophene rings is 1. The van der Waals surface area contributed by atoms with Crippen molar-refractivity contribution in [3.05, 3.63) is 21.4 Å². The second-order valence-electron chi connectivity index (χ2n) is 4.23. The van der Waals surface area contributed by atoms with Gasteiger partial charge in [0, 0.05) is 15.8 Å². The van der Waals surface area contributed by atoms with Crippen molar-refractivity contribution in [1.29, 1.82) is 0 Å². The molecule has 1 aromatic rings. The first-order valence-electron chi connectivity index (χ1n) is 5.04. The van der Waals surface area contributed by atoms with Crippen LogP contribution in [-0.2, 0) is 12.8 Å². The van der Waals surface area contributed by atoms with Crippen LogP contribution in [-0.4, -0.2) is 0 Å². The minimum Gasteiger partial charge on any atom is -0.324 e. The Bertz CT molecular complexity index is 301. The molecule has 1 aliphatic rings. The van der Waals surface area contributed by atoms with Crippen LogP contribution >= 0.6 is 11.3 Å². The average molecular weight is 195 g/mol. The molecule has 0 aromatic carbocycles. The summed E-state index contributed by atoms with van der Waals surface area (Å²) in [6, 6.07) is 2.53. The Labute approximate surface area is 84.0 Å². The Balaban J connectivity index is 2.28. The van der Waals surface area contributed by atoms with Crippen molar-refractivity contribution in [2.75, 3.05) is 0 Å². The summed E-state index contributed by atoms with van der Waals surface area (Å²) in [5, 5.41) is 0. The fourth-order valence-electron chi connectivity index (χ4n) is 1.95. The second-order valence-corrected chi connectivity index (χ2v) is 5.40. The maximum Gasteiger partial charge on any atom is 0.0361 e. The zero-order valence-electron chi connectivity index (χ0n) is 8.34. The van der Waals surface area contributed by atoms with Crippen molar-refractivity contribution in [1.82, 2.24) is 0 Å². The maximum absolute atomic E-state index is 5.87. The molecule has 72 valence electrons. The summed E-state index contributed by atoms with van der Waals surface area (Å²) in [6.07, 6.45) is 3.89. The Morgan fingerprint density at radius 2 is 2.38 bits per heavy atom. The Kier molecular flexibility index (Phi) is 2.43. The molecular weight excluding hydrogens is 178 g/mol. The van der Waals surface area contributed by atoms with Crippen LogP contribution in [0.4, 0.5) is 0 Å². The van der Waals surface area contributed by atoms with Crippen LogP contribution in [0.5, 0.6) is 0 Å². The summed E-state index contributed by atoms with van der Waals surface area (Å²) in [6.45, 7) is 4.41. The van der Waals surface area contributed by atoms with Crippen molar-refractivity contribution in [2.45, 2.75) is 39.2 Å². The highest BCUT2D eigenvalue weighted by Crippen LogP contribution is 2.33. The number of rotatable bonds is 1. The van der Waals surface area contributed by atoms with Gasteiger partial charge in [-0.2, -0.15) is 0 Å². The largest absolute Gasteiger partial charge is 0.324 e. The van der Waals surface area contributed by atoms with Crippen LogP contribution in [0, 0.1) is 5.92 Å². The molecule has 2 atom stereocenters.